The maximum Gasteiger partial charge on any atom is 0.274 e. The van der Waals surface area contributed by atoms with E-state index in [1.54, 1.807) is 67.8 Å². The number of aromatic nitrogens is 2. The second-order valence-corrected chi connectivity index (χ2v) is 10.3. The quantitative estimate of drug-likeness (QED) is 0.215. The van der Waals surface area contributed by atoms with Gasteiger partial charge in [-0.15, -0.1) is 0 Å². The molecule has 0 saturated heterocycles. The van der Waals surface area contributed by atoms with Gasteiger partial charge in [0, 0.05) is 42.8 Å². The Labute approximate surface area is 237 Å². The van der Waals surface area contributed by atoms with Gasteiger partial charge < -0.3 is 30.8 Å². The van der Waals surface area contributed by atoms with Crippen molar-refractivity contribution >= 4 is 34.1 Å². The van der Waals surface area contributed by atoms with E-state index in [4.69, 9.17) is 5.73 Å². The number of aromatic amines is 1. The van der Waals surface area contributed by atoms with Gasteiger partial charge in [-0.05, 0) is 61.1 Å². The van der Waals surface area contributed by atoms with Gasteiger partial charge in [-0.1, -0.05) is 48.5 Å². The van der Waals surface area contributed by atoms with Crippen LogP contribution in [0.1, 0.15) is 32.0 Å². The molecule has 0 unspecified atom stereocenters. The Morgan fingerprint density at radius 1 is 0.927 bits per heavy atom. The van der Waals surface area contributed by atoms with Crippen molar-refractivity contribution < 1.29 is 9.59 Å². The minimum Gasteiger partial charge on any atom is -0.397 e. The number of fused-ring (bicyclic) bond motifs is 1. The van der Waals surface area contributed by atoms with Crippen LogP contribution in [0.3, 0.4) is 0 Å². The van der Waals surface area contributed by atoms with Crippen LogP contribution in [0.15, 0.2) is 89.9 Å². The van der Waals surface area contributed by atoms with Gasteiger partial charge in [-0.2, -0.15) is 0 Å². The first-order valence-electron chi connectivity index (χ1n) is 13.2. The van der Waals surface area contributed by atoms with E-state index >= 15 is 0 Å². The first-order chi connectivity index (χ1) is 19.7. The van der Waals surface area contributed by atoms with Crippen LogP contribution in [0.25, 0.3) is 22.0 Å². The number of carbonyl (C=O) groups excluding carboxylic acids is 2. The van der Waals surface area contributed by atoms with Gasteiger partial charge in [0.25, 0.3) is 17.4 Å². The summed E-state index contributed by atoms with van der Waals surface area (Å²) in [6.07, 6.45) is 1.80. The number of hydrogen-bond acceptors (Lipinski definition) is 5. The lowest BCUT2D eigenvalue weighted by atomic mass is 10.0. The van der Waals surface area contributed by atoms with Crippen LogP contribution in [-0.2, 0) is 20.1 Å². The van der Waals surface area contributed by atoms with E-state index in [-0.39, 0.29) is 23.9 Å². The van der Waals surface area contributed by atoms with Gasteiger partial charge in [0.15, 0.2) is 0 Å². The number of hydrogen-bond donors (Lipinski definition) is 4. The van der Waals surface area contributed by atoms with E-state index in [2.05, 4.69) is 32.7 Å². The second-order valence-electron chi connectivity index (χ2n) is 10.3. The molecule has 2 aromatic heterocycles. The lowest BCUT2D eigenvalue weighted by Gasteiger charge is -2.11. The molecule has 0 spiro atoms. The minimum atomic E-state index is -0.336. The molecule has 208 valence electrons. The van der Waals surface area contributed by atoms with Crippen LogP contribution in [0.5, 0.6) is 0 Å². The molecule has 0 aliphatic carbocycles. The smallest absolute Gasteiger partial charge is 0.274 e. The summed E-state index contributed by atoms with van der Waals surface area (Å²) in [6, 6.07) is 23.9. The molecule has 0 saturated carbocycles. The number of para-hydroxylation sites is 2. The highest BCUT2D eigenvalue weighted by Crippen LogP contribution is 2.28. The number of rotatable bonds is 8. The molecule has 3 aromatic carbocycles. The fraction of sp³-hybridized carbons (Fsp3) is 0.156. The van der Waals surface area contributed by atoms with Gasteiger partial charge >= 0.3 is 0 Å². The third-order valence-corrected chi connectivity index (χ3v) is 6.85. The zero-order valence-electron chi connectivity index (χ0n) is 23.2. The molecule has 5 rings (SSSR count). The van der Waals surface area contributed by atoms with Crippen LogP contribution in [0.4, 0.5) is 11.4 Å². The molecular formula is C32H32N6O3. The predicted octanol–water partition coefficient (Wildman–Crippen LogP) is 4.36. The number of anilines is 2. The van der Waals surface area contributed by atoms with Crippen molar-refractivity contribution in [3.63, 3.8) is 0 Å². The SMILES string of the molecule is CN(C)Cc1ccc(-c2cn(C)c(=O)c3[nH]c(C(=O)NCc4ccc(C(=O)Nc5ccccc5N)cc4)cc23)cc1. The minimum absolute atomic E-state index is 0.210. The molecule has 0 atom stereocenters. The normalized spacial score (nSPS) is 11.1. The Hall–Kier alpha value is -5.15. The molecule has 0 fully saturated rings. The molecule has 0 aliphatic heterocycles. The van der Waals surface area contributed by atoms with E-state index in [0.29, 0.717) is 33.5 Å². The van der Waals surface area contributed by atoms with Crippen molar-refractivity contribution in [3.05, 3.63) is 118 Å². The summed E-state index contributed by atoms with van der Waals surface area (Å²) in [5.41, 5.74) is 11.7. The molecule has 9 heteroatoms. The number of H-pyrrole nitrogens is 1. The van der Waals surface area contributed by atoms with Crippen molar-refractivity contribution in [2.45, 2.75) is 13.1 Å². The van der Waals surface area contributed by atoms with Gasteiger partial charge in [-0.3, -0.25) is 14.4 Å². The lowest BCUT2D eigenvalue weighted by molar-refractivity contribution is 0.0945. The van der Waals surface area contributed by atoms with E-state index < -0.39 is 0 Å². The maximum absolute atomic E-state index is 13.1. The van der Waals surface area contributed by atoms with Crippen LogP contribution in [-0.4, -0.2) is 40.4 Å². The molecular weight excluding hydrogens is 516 g/mol. The molecule has 41 heavy (non-hydrogen) atoms. The van der Waals surface area contributed by atoms with Crippen molar-refractivity contribution in [3.8, 4) is 11.1 Å². The third-order valence-electron chi connectivity index (χ3n) is 6.85. The molecule has 2 heterocycles. The van der Waals surface area contributed by atoms with Crippen LogP contribution < -0.4 is 21.9 Å². The molecule has 0 bridgehead atoms. The van der Waals surface area contributed by atoms with Crippen LogP contribution in [0.2, 0.25) is 0 Å². The summed E-state index contributed by atoms with van der Waals surface area (Å²) in [4.78, 5) is 43.6. The van der Waals surface area contributed by atoms with Gasteiger partial charge in [0.2, 0.25) is 0 Å². The van der Waals surface area contributed by atoms with Crippen molar-refractivity contribution in [1.29, 1.82) is 0 Å². The number of amides is 2. The lowest BCUT2D eigenvalue weighted by Crippen LogP contribution is -2.23. The Balaban J connectivity index is 1.30. The van der Waals surface area contributed by atoms with Crippen molar-refractivity contribution in [2.24, 2.45) is 7.05 Å². The van der Waals surface area contributed by atoms with Gasteiger partial charge in [0.1, 0.15) is 11.2 Å². The number of benzene rings is 3. The van der Waals surface area contributed by atoms with Gasteiger partial charge in [0.05, 0.1) is 11.4 Å². The Morgan fingerprint density at radius 3 is 2.29 bits per heavy atom. The largest absolute Gasteiger partial charge is 0.397 e. The summed E-state index contributed by atoms with van der Waals surface area (Å²) in [5.74, 6) is -0.613. The molecule has 0 radical (unpaired) electrons. The summed E-state index contributed by atoms with van der Waals surface area (Å²) in [6.45, 7) is 1.08. The fourth-order valence-electron chi connectivity index (χ4n) is 4.70. The molecule has 0 aliphatic rings. The summed E-state index contributed by atoms with van der Waals surface area (Å²) >= 11 is 0. The van der Waals surface area contributed by atoms with Gasteiger partial charge in [-0.25, -0.2) is 0 Å². The van der Waals surface area contributed by atoms with Crippen LogP contribution >= 0.6 is 0 Å². The number of pyridine rings is 1. The Bertz CT molecular complexity index is 1780. The van der Waals surface area contributed by atoms with E-state index in [0.717, 1.165) is 23.2 Å². The zero-order valence-corrected chi connectivity index (χ0v) is 23.2. The van der Waals surface area contributed by atoms with E-state index in [9.17, 15) is 14.4 Å². The predicted molar refractivity (Wildman–Crippen MR) is 163 cm³/mol. The van der Waals surface area contributed by atoms with E-state index in [1.165, 1.54) is 10.1 Å². The maximum atomic E-state index is 13.1. The van der Waals surface area contributed by atoms with Crippen LogP contribution in [0, 0.1) is 0 Å². The monoisotopic (exact) mass is 548 g/mol. The third kappa shape index (κ3) is 6.05. The summed E-state index contributed by atoms with van der Waals surface area (Å²) in [5, 5.41) is 6.38. The Morgan fingerprint density at radius 2 is 1.61 bits per heavy atom. The number of carbonyl (C=O) groups is 2. The Kier molecular flexibility index (Phi) is 7.71. The summed E-state index contributed by atoms with van der Waals surface area (Å²) < 4.78 is 1.52. The average molecular weight is 549 g/mol. The average Bonchev–Trinajstić information content (AvgIpc) is 3.41. The number of nitrogens with zero attached hydrogens (tertiary/aromatic N) is 2. The topological polar surface area (TPSA) is 125 Å². The van der Waals surface area contributed by atoms with Crippen molar-refractivity contribution in [2.75, 3.05) is 25.1 Å². The molecule has 5 N–H and O–H groups in total. The highest BCUT2D eigenvalue weighted by molar-refractivity contribution is 6.06. The second kappa shape index (κ2) is 11.5. The number of aryl methyl sites for hydroxylation is 1. The number of nitrogens with two attached hydrogens (primary N) is 1. The highest BCUT2D eigenvalue weighted by atomic mass is 16.2. The number of nitrogen functional groups attached to an aromatic ring is 1. The first kappa shape index (κ1) is 27.4. The zero-order chi connectivity index (χ0) is 29.1. The highest BCUT2D eigenvalue weighted by Gasteiger charge is 2.16. The first-order valence-corrected chi connectivity index (χ1v) is 13.2. The molecule has 5 aromatic rings. The summed E-state index contributed by atoms with van der Waals surface area (Å²) in [7, 11) is 5.74. The molecule has 9 nitrogen and oxygen atoms in total. The fourth-order valence-corrected chi connectivity index (χ4v) is 4.70. The standard InChI is InChI=1S/C32H32N6O3/c1-37(2)18-21-10-12-22(13-11-21)25-19-38(3)32(41)29-24(25)16-28(35-29)31(40)34-17-20-8-14-23(15-9-20)30(39)36-27-7-5-4-6-26(27)33/h4-16,19,35H,17-18,33H2,1-3H3,(H,34,40)(H,36,39). The van der Waals surface area contributed by atoms with E-state index in [1.807, 2.05) is 26.2 Å². The number of nitrogens with one attached hydrogen (secondary N) is 3. The molecule has 2 amide bonds. The van der Waals surface area contributed by atoms with Crippen molar-refractivity contribution in [1.82, 2.24) is 19.8 Å².